The van der Waals surface area contributed by atoms with E-state index in [4.69, 9.17) is 5.39 Å². The molecule has 0 aromatic heterocycles. The molecule has 1 rings (SSSR count). The number of aryl methyl sites for hydroxylation is 1. The Kier molecular flexibility index (Phi) is 6.25. The van der Waals surface area contributed by atoms with E-state index < -0.39 is 10.4 Å². The van der Waals surface area contributed by atoms with E-state index in [2.05, 4.69) is 9.16 Å². The zero-order valence-corrected chi connectivity index (χ0v) is 9.77. The van der Waals surface area contributed by atoms with Crippen LogP contribution in [0.25, 0.3) is 4.98 Å². The van der Waals surface area contributed by atoms with Gasteiger partial charge >= 0.3 is 5.69 Å². The normalized spacial score (nSPS) is 9.88. The van der Waals surface area contributed by atoms with Gasteiger partial charge in [0.1, 0.15) is 0 Å². The lowest BCUT2D eigenvalue weighted by atomic mass is 10.2. The largest absolute Gasteiger partial charge is 0.726 e. The van der Waals surface area contributed by atoms with Gasteiger partial charge in [-0.05, 0) is 13.8 Å². The summed E-state index contributed by atoms with van der Waals surface area (Å²) in [4.78, 5) is 3.01. The molecule has 0 fully saturated rings. The molecule has 6 nitrogen and oxygen atoms in total. The van der Waals surface area contributed by atoms with Crippen molar-refractivity contribution in [1.82, 2.24) is 0 Å². The van der Waals surface area contributed by atoms with Gasteiger partial charge in [-0.25, -0.2) is 8.42 Å². The van der Waals surface area contributed by atoms with Crippen LogP contribution < -0.4 is 0 Å². The van der Waals surface area contributed by atoms with E-state index in [1.165, 1.54) is 12.5 Å². The fourth-order valence-corrected chi connectivity index (χ4v) is 1.04. The third kappa shape index (κ3) is 7.87. The minimum absolute atomic E-state index is 0.0914. The Morgan fingerprint density at radius 3 is 2.12 bits per heavy atom. The third-order valence-corrected chi connectivity index (χ3v) is 1.94. The summed E-state index contributed by atoms with van der Waals surface area (Å²) in [6.45, 7) is 3.32. The minimum atomic E-state index is -4.42. The van der Waals surface area contributed by atoms with Crippen LogP contribution in [0.2, 0.25) is 0 Å². The lowest BCUT2D eigenvalue weighted by molar-refractivity contribution is 0.275. The monoisotopic (exact) mass is 244 g/mol. The molecule has 0 radical (unpaired) electrons. The van der Waals surface area contributed by atoms with E-state index in [1.807, 2.05) is 19.1 Å². The Morgan fingerprint density at radius 2 is 1.88 bits per heavy atom. The fraction of sp³-hybridized carbons (Fsp3) is 0.333. The number of rotatable bonds is 2. The number of hydrogen-bond acceptors (Lipinski definition) is 5. The molecule has 0 saturated carbocycles. The van der Waals surface area contributed by atoms with E-state index in [9.17, 15) is 13.0 Å². The first kappa shape index (κ1) is 14.5. The minimum Gasteiger partial charge on any atom is -0.726 e. The number of benzene rings is 1. The van der Waals surface area contributed by atoms with Crippen LogP contribution in [0.4, 0.5) is 5.69 Å². The summed E-state index contributed by atoms with van der Waals surface area (Å²) < 4.78 is 32.0. The van der Waals surface area contributed by atoms with Crippen molar-refractivity contribution in [2.24, 2.45) is 0 Å². The van der Waals surface area contributed by atoms with Crippen LogP contribution in [-0.4, -0.2) is 19.6 Å². The first-order valence-electron chi connectivity index (χ1n) is 4.41. The maximum atomic E-state index is 9.45. The van der Waals surface area contributed by atoms with E-state index in [1.54, 1.807) is 12.1 Å². The molecule has 0 spiro atoms. The van der Waals surface area contributed by atoms with E-state index >= 15 is 0 Å². The Balaban J connectivity index is 0.000000293. The molecule has 0 aliphatic rings. The van der Waals surface area contributed by atoms with Gasteiger partial charge in [0.25, 0.3) is 0 Å². The summed E-state index contributed by atoms with van der Waals surface area (Å²) in [5, 5.41) is 8.25. The molecule has 0 heterocycles. The molecule has 1 aromatic carbocycles. The van der Waals surface area contributed by atoms with Crippen LogP contribution in [0.3, 0.4) is 0 Å². The standard InChI is InChI=1S/C7H7N2.C2H6O4S/c1-6-2-4-7(9-8)5-3-6;1-2-6-7(3,4)5/h2-5H,1H3;2H2,1H3,(H,3,4,5)/q+1;/p-1. The summed E-state index contributed by atoms with van der Waals surface area (Å²) in [6.07, 6.45) is 0. The maximum Gasteiger partial charge on any atom is 0.385 e. The topological polar surface area (TPSA) is 94.6 Å². The second kappa shape index (κ2) is 6.90. The number of hydrogen-bond donors (Lipinski definition) is 0. The Morgan fingerprint density at radius 1 is 1.38 bits per heavy atom. The lowest BCUT2D eigenvalue weighted by Gasteiger charge is -2.02. The van der Waals surface area contributed by atoms with Crippen molar-refractivity contribution in [3.63, 3.8) is 0 Å². The van der Waals surface area contributed by atoms with Gasteiger partial charge in [-0.2, -0.15) is 0 Å². The molecule has 0 atom stereocenters. The Hall–Kier alpha value is -1.49. The maximum absolute atomic E-state index is 9.45. The molecule has 88 valence electrons. The van der Waals surface area contributed by atoms with Gasteiger partial charge < -0.3 is 4.55 Å². The van der Waals surface area contributed by atoms with Gasteiger partial charge in [-0.15, -0.1) is 0 Å². The molecule has 7 heteroatoms. The molecule has 1 aromatic rings. The van der Waals surface area contributed by atoms with Gasteiger partial charge in [0.05, 0.1) is 6.61 Å². The van der Waals surface area contributed by atoms with Gasteiger partial charge in [-0.1, -0.05) is 17.7 Å². The summed E-state index contributed by atoms with van der Waals surface area (Å²) in [5.74, 6) is 0. The van der Waals surface area contributed by atoms with Crippen LogP contribution in [-0.2, 0) is 14.6 Å². The van der Waals surface area contributed by atoms with Crippen molar-refractivity contribution in [2.75, 3.05) is 6.61 Å². The predicted molar refractivity (Wildman–Crippen MR) is 57.2 cm³/mol. The van der Waals surface area contributed by atoms with Crippen molar-refractivity contribution in [3.8, 4) is 0 Å². The van der Waals surface area contributed by atoms with Gasteiger partial charge in [0.2, 0.25) is 15.8 Å². The van der Waals surface area contributed by atoms with Crippen molar-refractivity contribution in [3.05, 3.63) is 34.8 Å². The summed E-state index contributed by atoms with van der Waals surface area (Å²) in [6, 6.07) is 7.31. The van der Waals surface area contributed by atoms with Crippen LogP contribution >= 0.6 is 0 Å². The highest BCUT2D eigenvalue weighted by molar-refractivity contribution is 7.80. The molecule has 0 amide bonds. The molecule has 0 bridgehead atoms. The Bertz CT molecular complexity index is 447. The highest BCUT2D eigenvalue weighted by Crippen LogP contribution is 2.10. The van der Waals surface area contributed by atoms with Crippen LogP contribution in [0, 0.1) is 12.3 Å². The van der Waals surface area contributed by atoms with E-state index in [0.29, 0.717) is 5.69 Å². The summed E-state index contributed by atoms with van der Waals surface area (Å²) >= 11 is 0. The zero-order chi connectivity index (χ0) is 12.6. The zero-order valence-electron chi connectivity index (χ0n) is 8.95. The van der Waals surface area contributed by atoms with Gasteiger partial charge in [0.15, 0.2) is 4.98 Å². The van der Waals surface area contributed by atoms with E-state index in [0.717, 1.165) is 0 Å². The second-order valence-electron chi connectivity index (χ2n) is 2.75. The fourth-order valence-electron chi connectivity index (χ4n) is 0.756. The van der Waals surface area contributed by atoms with Crippen molar-refractivity contribution >= 4 is 16.1 Å². The predicted octanol–water partition coefficient (Wildman–Crippen LogP) is 1.96. The number of diazo groups is 1. The van der Waals surface area contributed by atoms with Crippen LogP contribution in [0.1, 0.15) is 12.5 Å². The summed E-state index contributed by atoms with van der Waals surface area (Å²) in [7, 11) is -4.42. The molecule has 0 N–H and O–H groups in total. The Labute approximate surface area is 94.4 Å². The second-order valence-corrected chi connectivity index (χ2v) is 3.80. The van der Waals surface area contributed by atoms with Crippen molar-refractivity contribution < 1.29 is 17.2 Å². The lowest BCUT2D eigenvalue weighted by Crippen LogP contribution is -2.02. The van der Waals surface area contributed by atoms with Crippen LogP contribution in [0.5, 0.6) is 0 Å². The molecule has 0 aliphatic heterocycles. The average Bonchev–Trinajstić information content (AvgIpc) is 2.18. The van der Waals surface area contributed by atoms with Gasteiger partial charge in [0, 0.05) is 12.1 Å². The highest BCUT2D eigenvalue weighted by Gasteiger charge is 1.98. The van der Waals surface area contributed by atoms with Crippen molar-refractivity contribution in [2.45, 2.75) is 13.8 Å². The quantitative estimate of drug-likeness (QED) is 0.450. The number of nitrogens with zero attached hydrogens (tertiary/aromatic N) is 2. The SMILES string of the molecule is CCOS(=O)(=O)[O-].Cc1ccc([N+]#N)cc1. The van der Waals surface area contributed by atoms with E-state index in [-0.39, 0.29) is 6.61 Å². The first-order valence-corrected chi connectivity index (χ1v) is 5.74. The third-order valence-electron chi connectivity index (χ3n) is 1.41. The molecule has 0 aliphatic carbocycles. The molecule has 0 unspecified atom stereocenters. The molecular weight excluding hydrogens is 232 g/mol. The highest BCUT2D eigenvalue weighted by atomic mass is 32.3. The molecule has 0 saturated heterocycles. The van der Waals surface area contributed by atoms with Gasteiger partial charge in [-0.3, -0.25) is 4.18 Å². The average molecular weight is 244 g/mol. The van der Waals surface area contributed by atoms with Crippen LogP contribution in [0.15, 0.2) is 24.3 Å². The molecular formula is C9H12N2O4S. The molecule has 16 heavy (non-hydrogen) atoms. The summed E-state index contributed by atoms with van der Waals surface area (Å²) in [5.41, 5.74) is 1.77. The smallest absolute Gasteiger partial charge is 0.385 e. The first-order chi connectivity index (χ1) is 7.39. The van der Waals surface area contributed by atoms with Crippen molar-refractivity contribution in [1.29, 1.82) is 5.39 Å².